The molecule has 0 aliphatic carbocycles. The lowest BCUT2D eigenvalue weighted by Crippen LogP contribution is -2.41. The topological polar surface area (TPSA) is 279 Å². The van der Waals surface area contributed by atoms with Crippen LogP contribution in [0.25, 0.3) is 0 Å². The van der Waals surface area contributed by atoms with Gasteiger partial charge in [-0.1, -0.05) is 340 Å². The van der Waals surface area contributed by atoms with Crippen LogP contribution < -0.4 is 57.3 Å². The first-order valence-corrected chi connectivity index (χ1v) is 54.0. The highest BCUT2D eigenvalue weighted by Crippen LogP contribution is 2.42. The second-order valence-electron chi connectivity index (χ2n) is 39.1. The first-order valence-electron chi connectivity index (χ1n) is 52.7. The van der Waals surface area contributed by atoms with Gasteiger partial charge in [0.15, 0.2) is 43.0 Å². The zero-order valence-electron chi connectivity index (χ0n) is 90.0. The molecule has 0 aromatic carbocycles. The molecular weight excluding hydrogens is 1510 g/mol. The molecule has 740 valence electrons. The normalized spacial score (nSPS) is 12.9. The second kappa shape index (κ2) is 118. The van der Waals surface area contributed by atoms with Gasteiger partial charge < -0.3 is 66.8 Å². The van der Waals surface area contributed by atoms with E-state index in [4.69, 9.17) is 66.8 Å². The summed E-state index contributed by atoms with van der Waals surface area (Å²) in [6.45, 7) is 102. The van der Waals surface area contributed by atoms with Gasteiger partial charge in [-0.05, 0) is 84.5 Å². The van der Waals surface area contributed by atoms with Gasteiger partial charge in [-0.2, -0.15) is 25.3 Å². The van der Waals surface area contributed by atoms with E-state index in [0.29, 0.717) is 13.1 Å². The summed E-state index contributed by atoms with van der Waals surface area (Å²) in [6, 6.07) is 0. The Morgan fingerprint density at radius 1 is 0.231 bits per heavy atom. The number of unbranched alkanes of at least 4 members (excludes halogenated alkanes) is 9. The maximum absolute atomic E-state index is 5.13. The summed E-state index contributed by atoms with van der Waals surface area (Å²) in [5.74, 6) is 6.35. The van der Waals surface area contributed by atoms with Crippen molar-refractivity contribution in [3.8, 4) is 0 Å². The van der Waals surface area contributed by atoms with Crippen molar-refractivity contribution in [3.05, 3.63) is 47.8 Å². The molecule has 12 nitrogen and oxygen atoms in total. The predicted molar refractivity (Wildman–Crippen MR) is 601 cm³/mol. The molecule has 0 amide bonds. The lowest BCUT2D eigenvalue weighted by atomic mass is 9.12. The van der Waals surface area contributed by atoms with E-state index in [2.05, 4.69) is 260 Å². The first kappa shape index (κ1) is 152. The third-order valence-corrected chi connectivity index (χ3v) is 27.8. The van der Waals surface area contributed by atoms with Crippen molar-refractivity contribution in [3.63, 3.8) is 0 Å². The highest BCUT2D eigenvalue weighted by Gasteiger charge is 2.40. The summed E-state index contributed by atoms with van der Waals surface area (Å²) in [5, 5.41) is 0. The Kier molecular flexibility index (Phi) is 148. The summed E-state index contributed by atoms with van der Waals surface area (Å²) in [6.07, 6.45) is 55.2. The van der Waals surface area contributed by atoms with Crippen LogP contribution in [0.3, 0.4) is 0 Å². The van der Waals surface area contributed by atoms with Crippen molar-refractivity contribution in [2.45, 2.75) is 491 Å². The van der Waals surface area contributed by atoms with Gasteiger partial charge in [-0.15, -0.1) is 178 Å². The van der Waals surface area contributed by atoms with Crippen LogP contribution in [0.15, 0.2) is 0 Å². The van der Waals surface area contributed by atoms with Crippen LogP contribution in [0.2, 0.25) is 131 Å². The standard InChI is InChI=1S/5C13H29B.2C7H17B.2C4H11NO.3C3H10N2.2C2H7NS/c2*1-8-12(5)14(7,10-11(3)4)13(6)9-2;3*1-5-8-11-14(4,12-9-6-2)13-10-7-3;2*1-5-8(4,6-2)7-3;2*1-6-4-2-3-5;3*4-2-1-3-5;2*3-1-2-4/h2*11-13H,7-10H2,1-6H3;3*4-13H2,1-3H3;2*4-7H2,1-3H3;2*2-5H2,1H3;3*1-5H2;2*4H,1-3H2. The fourth-order valence-corrected chi connectivity index (χ4v) is 15.3. The first-order chi connectivity index (χ1) is 57.1. The number of rotatable bonds is 59. The van der Waals surface area contributed by atoms with Crippen molar-refractivity contribution in [1.82, 2.24) is 0 Å². The quantitative estimate of drug-likeness (QED) is 0.0117. The molecule has 0 aromatic rings. The second-order valence-corrected chi connectivity index (χ2v) is 40.0. The highest BCUT2D eigenvalue weighted by molar-refractivity contribution is 7.80. The maximum atomic E-state index is 5.13. The number of thiol groups is 2. The molecule has 0 radical (unpaired) electrons. The van der Waals surface area contributed by atoms with E-state index in [1.165, 1.54) is 249 Å². The van der Waals surface area contributed by atoms with E-state index in [-0.39, 0.29) is 30.7 Å². The van der Waals surface area contributed by atoms with Crippen LogP contribution in [0, 0.1) is 59.6 Å². The Balaban J connectivity index is -0.0000000868. The molecular formula is C100H245B7N10O2S2. The molecule has 4 unspecified atom stereocenters. The average molecular weight is 1760 g/mol. The Labute approximate surface area is 784 Å². The Hall–Kier alpha value is -0.235. The number of nitrogens with two attached hydrogens (primary N) is 10. The molecule has 0 aliphatic heterocycles. The van der Waals surface area contributed by atoms with Gasteiger partial charge in [-0.3, -0.25) is 0 Å². The number of hydrogen-bond donors (Lipinski definition) is 12. The lowest BCUT2D eigenvalue weighted by molar-refractivity contribution is 0.197. The minimum atomic E-state index is -0.412. The van der Waals surface area contributed by atoms with E-state index < -0.39 is 12.3 Å². The molecule has 0 bridgehead atoms. The summed E-state index contributed by atoms with van der Waals surface area (Å²) in [7, 11) is 3.35. The van der Waals surface area contributed by atoms with Crippen molar-refractivity contribution in [2.75, 3.05) is 104 Å². The van der Waals surface area contributed by atoms with E-state index in [1.807, 2.05) is 0 Å². The molecule has 0 rings (SSSR count). The molecule has 21 heteroatoms. The van der Waals surface area contributed by atoms with Crippen LogP contribution in [0.1, 0.15) is 360 Å². The van der Waals surface area contributed by atoms with Gasteiger partial charge in [0.25, 0.3) is 0 Å². The smallest absolute Gasteiger partial charge is 0.199 e. The number of ether oxygens (including phenoxy) is 2. The Morgan fingerprint density at radius 3 is 0.430 bits per heavy atom. The molecule has 4 atom stereocenters. The van der Waals surface area contributed by atoms with Crippen LogP contribution in [0.5, 0.6) is 0 Å². The Bertz CT molecular complexity index is 1480. The maximum Gasteiger partial charge on any atom is 0.199 e. The third kappa shape index (κ3) is 118. The summed E-state index contributed by atoms with van der Waals surface area (Å²) < 4.78 is 9.40. The van der Waals surface area contributed by atoms with Gasteiger partial charge in [0.2, 0.25) is 0 Å². The van der Waals surface area contributed by atoms with Gasteiger partial charge in [0, 0.05) is 52.0 Å². The minimum absolute atomic E-state index is 0.208. The summed E-state index contributed by atoms with van der Waals surface area (Å²) in [4.78, 5) is 0. The van der Waals surface area contributed by atoms with Crippen LogP contribution in [0.4, 0.5) is 0 Å². The van der Waals surface area contributed by atoms with Crippen molar-refractivity contribution in [2.24, 2.45) is 69.2 Å². The molecule has 0 aromatic heterocycles. The van der Waals surface area contributed by atoms with E-state index in [1.54, 1.807) is 14.2 Å². The fourth-order valence-electron chi connectivity index (χ4n) is 15.3. The predicted octanol–water partition coefficient (Wildman–Crippen LogP) is 29.1. The SMILES string of the molecule is COCCCN.COCCCN.NCCCN.NCCCN.NCCCN.NCCS.NCCS.[CH2+][B-](CC(C)C)(C(C)CC)C(C)CC.[CH2+][B-](CC(C)C)(C(C)CC)C(C)CC.[CH2+][B-](CC)(CC)CC.[CH2+][B-](CC)(CC)CC.[CH2+][B-](CCCC)(CCCC)CCCC.[CH2+][B-](CCCC)(CCCC)CCCC.[CH2+][B-](CCCC)(CCCC)CCCC. The monoisotopic (exact) mass is 1760 g/mol. The fraction of sp³-hybridized carbons (Fsp3) is 0.930. The molecule has 0 spiro atoms. The van der Waals surface area contributed by atoms with Crippen LogP contribution in [-0.4, -0.2) is 147 Å². The van der Waals surface area contributed by atoms with Gasteiger partial charge in [0.1, 0.15) is 0 Å². The lowest BCUT2D eigenvalue weighted by Gasteiger charge is -2.40. The molecule has 0 saturated heterocycles. The van der Waals surface area contributed by atoms with E-state index in [9.17, 15) is 0 Å². The number of hydrogen-bond acceptors (Lipinski definition) is 14. The summed E-state index contributed by atoms with van der Waals surface area (Å²) >= 11 is 7.59. The molecule has 0 fully saturated rings. The zero-order chi connectivity index (χ0) is 97.4. The van der Waals surface area contributed by atoms with Gasteiger partial charge >= 0.3 is 0 Å². The van der Waals surface area contributed by atoms with Crippen LogP contribution >= 0.6 is 25.3 Å². The average Bonchev–Trinajstić information content (AvgIpc) is 0.833. The third-order valence-electron chi connectivity index (χ3n) is 27.2. The number of methoxy groups -OCH3 is 2. The van der Waals surface area contributed by atoms with Crippen molar-refractivity contribution >= 4 is 68.3 Å². The molecule has 20 N–H and O–H groups in total. The largest absolute Gasteiger partial charge is 0.385 e. The van der Waals surface area contributed by atoms with E-state index >= 15 is 0 Å². The van der Waals surface area contributed by atoms with Gasteiger partial charge in [0.05, 0.1) is 0 Å². The van der Waals surface area contributed by atoms with Gasteiger partial charge in [-0.25, -0.2) is 0 Å². The highest BCUT2D eigenvalue weighted by atomic mass is 32.1. The molecule has 0 heterocycles. The summed E-state index contributed by atoms with van der Waals surface area (Å²) in [5.41, 5.74) is 50.5. The molecule has 0 aliphatic rings. The minimum Gasteiger partial charge on any atom is -0.385 e. The Morgan fingerprint density at radius 2 is 0.372 bits per heavy atom. The van der Waals surface area contributed by atoms with E-state index in [0.717, 1.165) is 144 Å². The van der Waals surface area contributed by atoms with Crippen molar-refractivity contribution in [1.29, 1.82) is 0 Å². The van der Waals surface area contributed by atoms with Crippen LogP contribution in [-0.2, 0) is 9.47 Å². The van der Waals surface area contributed by atoms with Crippen molar-refractivity contribution < 1.29 is 9.47 Å². The molecule has 121 heavy (non-hydrogen) atoms. The molecule has 0 saturated carbocycles. The zero-order valence-corrected chi connectivity index (χ0v) is 91.7.